The van der Waals surface area contributed by atoms with Crippen LogP contribution in [-0.2, 0) is 16.1 Å². The molecule has 0 bridgehead atoms. The van der Waals surface area contributed by atoms with Gasteiger partial charge in [0.05, 0.1) is 7.11 Å². The van der Waals surface area contributed by atoms with Crippen LogP contribution in [0.15, 0.2) is 60.4 Å². The number of hydrogen-bond acceptors (Lipinski definition) is 3. The Hall–Kier alpha value is -1.18. The fraction of sp³-hybridized carbons (Fsp3) is 0.118. The predicted molar refractivity (Wildman–Crippen MR) is 88.4 cm³/mol. The maximum absolute atomic E-state index is 10.8. The number of aliphatic carboxylic acids is 1. The Morgan fingerprint density at radius 2 is 1.73 bits per heavy atom. The molecule has 4 nitrogen and oxygen atoms in total. The number of carboxylic acids is 1. The summed E-state index contributed by atoms with van der Waals surface area (Å²) in [6.07, 6.45) is 1.46. The summed E-state index contributed by atoms with van der Waals surface area (Å²) in [4.78, 5) is 10.8. The van der Waals surface area contributed by atoms with Crippen LogP contribution in [0.3, 0.4) is 0 Å². The van der Waals surface area contributed by atoms with E-state index in [0.717, 1.165) is 16.9 Å². The van der Waals surface area contributed by atoms with Crippen molar-refractivity contribution in [2.45, 2.75) is 6.61 Å². The van der Waals surface area contributed by atoms with Gasteiger partial charge in [0, 0.05) is 0 Å². The van der Waals surface area contributed by atoms with Gasteiger partial charge in [-0.15, -0.1) is 0 Å². The van der Waals surface area contributed by atoms with E-state index in [1.807, 2.05) is 30.3 Å². The van der Waals surface area contributed by atoms with Crippen LogP contribution in [-0.4, -0.2) is 67.1 Å². The van der Waals surface area contributed by atoms with Gasteiger partial charge in [0.2, 0.25) is 5.76 Å². The van der Waals surface area contributed by atoms with Gasteiger partial charge < -0.3 is 14.6 Å². The summed E-state index contributed by atoms with van der Waals surface area (Å²) in [7, 11) is 1.33. The maximum atomic E-state index is 10.8. The molecular formula is C17H18BaO4. The van der Waals surface area contributed by atoms with Crippen LogP contribution < -0.4 is 4.74 Å². The van der Waals surface area contributed by atoms with E-state index in [9.17, 15) is 4.79 Å². The quantitative estimate of drug-likeness (QED) is 0.440. The van der Waals surface area contributed by atoms with Crippen molar-refractivity contribution in [3.63, 3.8) is 0 Å². The molecule has 22 heavy (non-hydrogen) atoms. The number of carbonyl (C=O) groups is 1. The molecule has 1 N–H and O–H groups in total. The van der Waals surface area contributed by atoms with Crippen molar-refractivity contribution in [1.29, 1.82) is 0 Å². The molecule has 0 radical (unpaired) electrons. The molecule has 0 aliphatic rings. The van der Waals surface area contributed by atoms with E-state index in [2.05, 4.69) is 0 Å². The van der Waals surface area contributed by atoms with E-state index < -0.39 is 5.97 Å². The average Bonchev–Trinajstić information content (AvgIpc) is 2.52. The standard InChI is InChI=1S/C17H16O4.Ba.2H/c1-20-16(17(18)19)11-13-7-9-15(10-8-13)21-12-14-5-3-2-4-6-14;;;/h2-11H,12H2,1H3,(H,18,19);;;. The first-order valence-corrected chi connectivity index (χ1v) is 6.45. The Labute approximate surface area is 169 Å². The van der Waals surface area contributed by atoms with E-state index >= 15 is 0 Å². The first kappa shape index (κ1) is 18.9. The monoisotopic (exact) mass is 424 g/mol. The second-order valence-electron chi connectivity index (χ2n) is 4.36. The second kappa shape index (κ2) is 9.76. The third-order valence-electron chi connectivity index (χ3n) is 2.86. The summed E-state index contributed by atoms with van der Waals surface area (Å²) in [5.74, 6) is -0.472. The predicted octanol–water partition coefficient (Wildman–Crippen LogP) is 2.42. The van der Waals surface area contributed by atoms with Gasteiger partial charge >= 0.3 is 54.9 Å². The summed E-state index contributed by atoms with van der Waals surface area (Å²) < 4.78 is 10.4. The molecule has 0 amide bonds. The van der Waals surface area contributed by atoms with E-state index in [4.69, 9.17) is 14.6 Å². The zero-order valence-corrected chi connectivity index (χ0v) is 11.7. The molecule has 2 aromatic carbocycles. The minimum atomic E-state index is -1.10. The van der Waals surface area contributed by atoms with Gasteiger partial charge in [0.15, 0.2) is 0 Å². The molecule has 5 heteroatoms. The van der Waals surface area contributed by atoms with Gasteiger partial charge in [-0.2, -0.15) is 0 Å². The zero-order valence-electron chi connectivity index (χ0n) is 11.7. The number of ether oxygens (including phenoxy) is 2. The number of benzene rings is 2. The van der Waals surface area contributed by atoms with E-state index in [1.54, 1.807) is 24.3 Å². The Bertz CT molecular complexity index is 621. The Morgan fingerprint density at radius 1 is 1.09 bits per heavy atom. The van der Waals surface area contributed by atoms with Gasteiger partial charge in [-0.05, 0) is 29.3 Å². The van der Waals surface area contributed by atoms with Crippen LogP contribution in [0.2, 0.25) is 0 Å². The Kier molecular flexibility index (Phi) is 8.37. The topological polar surface area (TPSA) is 55.8 Å². The van der Waals surface area contributed by atoms with Crippen LogP contribution in [0.25, 0.3) is 6.08 Å². The minimum absolute atomic E-state index is 0. The summed E-state index contributed by atoms with van der Waals surface area (Å²) in [6, 6.07) is 17.0. The molecule has 0 fully saturated rings. The summed E-state index contributed by atoms with van der Waals surface area (Å²) in [5.41, 5.74) is 1.83. The van der Waals surface area contributed by atoms with Gasteiger partial charge in [-0.25, -0.2) is 4.79 Å². The third kappa shape index (κ3) is 5.90. The van der Waals surface area contributed by atoms with Gasteiger partial charge in [0.25, 0.3) is 0 Å². The molecule has 0 aliphatic carbocycles. The molecule has 0 aliphatic heterocycles. The average molecular weight is 424 g/mol. The Morgan fingerprint density at radius 3 is 2.27 bits per heavy atom. The molecule has 0 unspecified atom stereocenters. The second-order valence-corrected chi connectivity index (χ2v) is 4.36. The zero-order chi connectivity index (χ0) is 15.1. The summed E-state index contributed by atoms with van der Waals surface area (Å²) in [5, 5.41) is 8.88. The fourth-order valence-electron chi connectivity index (χ4n) is 1.76. The first-order valence-electron chi connectivity index (χ1n) is 6.45. The number of hydrogen-bond donors (Lipinski definition) is 1. The molecule has 0 heterocycles. The van der Waals surface area contributed by atoms with Crippen LogP contribution in [0, 0.1) is 0 Å². The normalized spacial score (nSPS) is 10.5. The van der Waals surface area contributed by atoms with Gasteiger partial charge in [0.1, 0.15) is 12.4 Å². The van der Waals surface area contributed by atoms with Gasteiger partial charge in [-0.3, -0.25) is 0 Å². The molecular weight excluding hydrogens is 406 g/mol. The van der Waals surface area contributed by atoms with Crippen molar-refractivity contribution in [3.05, 3.63) is 71.5 Å². The molecule has 0 saturated heterocycles. The Balaban J connectivity index is 0.00000242. The first-order chi connectivity index (χ1) is 10.2. The van der Waals surface area contributed by atoms with E-state index in [1.165, 1.54) is 13.2 Å². The van der Waals surface area contributed by atoms with Gasteiger partial charge in [-0.1, -0.05) is 42.5 Å². The van der Waals surface area contributed by atoms with Crippen molar-refractivity contribution >= 4 is 60.9 Å². The summed E-state index contributed by atoms with van der Waals surface area (Å²) >= 11 is 0. The van der Waals surface area contributed by atoms with Crippen molar-refractivity contribution < 1.29 is 19.4 Å². The molecule has 0 saturated carbocycles. The van der Waals surface area contributed by atoms with Crippen LogP contribution in [0.5, 0.6) is 5.75 Å². The van der Waals surface area contributed by atoms with Crippen molar-refractivity contribution in [3.8, 4) is 5.75 Å². The fourth-order valence-corrected chi connectivity index (χ4v) is 1.76. The molecule has 0 atom stereocenters. The van der Waals surface area contributed by atoms with Crippen molar-refractivity contribution in [2.75, 3.05) is 7.11 Å². The van der Waals surface area contributed by atoms with Crippen molar-refractivity contribution in [2.24, 2.45) is 0 Å². The van der Waals surface area contributed by atoms with Crippen LogP contribution in [0.1, 0.15) is 11.1 Å². The summed E-state index contributed by atoms with van der Waals surface area (Å²) in [6.45, 7) is 0.495. The number of rotatable bonds is 6. The van der Waals surface area contributed by atoms with Crippen molar-refractivity contribution in [1.82, 2.24) is 0 Å². The van der Waals surface area contributed by atoms with E-state index in [-0.39, 0.29) is 54.6 Å². The SMILES string of the molecule is COC(=Cc1ccc(OCc2ccccc2)cc1)C(=O)O.[BaH2]. The number of methoxy groups -OCH3 is 1. The molecule has 112 valence electrons. The molecule has 0 spiro atoms. The molecule has 2 aromatic rings. The van der Waals surface area contributed by atoms with Crippen LogP contribution in [0.4, 0.5) is 0 Å². The third-order valence-corrected chi connectivity index (χ3v) is 2.86. The molecule has 2 rings (SSSR count). The van der Waals surface area contributed by atoms with Crippen LogP contribution >= 0.6 is 0 Å². The molecule has 0 aromatic heterocycles. The number of carboxylic acid groups (broad SMARTS) is 1. The van der Waals surface area contributed by atoms with E-state index in [0.29, 0.717) is 6.61 Å².